The zero-order chi connectivity index (χ0) is 13.8. The lowest BCUT2D eigenvalue weighted by Crippen LogP contribution is -2.19. The number of anilines is 1. The Labute approximate surface area is 111 Å². The van der Waals surface area contributed by atoms with Gasteiger partial charge in [0.15, 0.2) is 5.78 Å². The van der Waals surface area contributed by atoms with Gasteiger partial charge in [-0.3, -0.25) is 9.78 Å². The number of carbonyl (C=O) groups is 1. The van der Waals surface area contributed by atoms with Gasteiger partial charge in [-0.05, 0) is 30.7 Å². The van der Waals surface area contributed by atoms with Gasteiger partial charge in [0.05, 0.1) is 11.3 Å². The summed E-state index contributed by atoms with van der Waals surface area (Å²) in [6.45, 7) is 1.94. The smallest absolute Gasteiger partial charge is 0.164 e. The number of pyridine rings is 1. The summed E-state index contributed by atoms with van der Waals surface area (Å²) in [5.41, 5.74) is 1.73. The quantitative estimate of drug-likeness (QED) is 0.790. The lowest BCUT2D eigenvalue weighted by atomic mass is 10.1. The molecule has 0 bridgehead atoms. The molecule has 3 nitrogen and oxygen atoms in total. The molecule has 0 N–H and O–H groups in total. The summed E-state index contributed by atoms with van der Waals surface area (Å²) < 4.78 is 13.7. The minimum absolute atomic E-state index is 0.133. The zero-order valence-electron chi connectivity index (χ0n) is 10.9. The molecule has 1 aromatic heterocycles. The van der Waals surface area contributed by atoms with Crippen LogP contribution in [0.25, 0.3) is 0 Å². The van der Waals surface area contributed by atoms with Crippen LogP contribution in [-0.4, -0.2) is 17.8 Å². The summed E-state index contributed by atoms with van der Waals surface area (Å²) >= 11 is 0. The monoisotopic (exact) mass is 258 g/mol. The Morgan fingerprint density at radius 2 is 2.11 bits per heavy atom. The fourth-order valence-corrected chi connectivity index (χ4v) is 2.03. The number of ketones is 1. The third kappa shape index (κ3) is 2.96. The van der Waals surface area contributed by atoms with E-state index in [4.69, 9.17) is 0 Å². The van der Waals surface area contributed by atoms with E-state index in [0.29, 0.717) is 12.2 Å². The van der Waals surface area contributed by atoms with Crippen molar-refractivity contribution in [3.05, 3.63) is 59.7 Å². The molecule has 0 aliphatic rings. The van der Waals surface area contributed by atoms with Gasteiger partial charge in [-0.25, -0.2) is 4.39 Å². The Balaban J connectivity index is 2.31. The minimum Gasteiger partial charge on any atom is -0.370 e. The van der Waals surface area contributed by atoms with Gasteiger partial charge in [-0.15, -0.1) is 0 Å². The molecule has 0 fully saturated rings. The molecule has 0 unspecified atom stereocenters. The van der Waals surface area contributed by atoms with E-state index in [2.05, 4.69) is 4.98 Å². The molecule has 0 spiro atoms. The highest BCUT2D eigenvalue weighted by Gasteiger charge is 2.15. The number of carbonyl (C=O) groups excluding carboxylic acids is 1. The number of rotatable bonds is 4. The fraction of sp³-hybridized carbons (Fsp3) is 0.200. The molecule has 0 saturated heterocycles. The number of halogens is 1. The van der Waals surface area contributed by atoms with Crippen LogP contribution in [0.15, 0.2) is 42.7 Å². The summed E-state index contributed by atoms with van der Waals surface area (Å²) in [4.78, 5) is 17.4. The normalized spacial score (nSPS) is 10.3. The molecule has 2 aromatic rings. The van der Waals surface area contributed by atoms with Crippen molar-refractivity contribution in [2.75, 3.05) is 11.9 Å². The molecule has 0 aliphatic carbocycles. The average molecular weight is 258 g/mol. The first-order valence-electron chi connectivity index (χ1n) is 5.99. The molecular weight excluding hydrogens is 243 g/mol. The van der Waals surface area contributed by atoms with Gasteiger partial charge in [-0.1, -0.05) is 12.1 Å². The topological polar surface area (TPSA) is 33.2 Å². The Morgan fingerprint density at radius 3 is 2.74 bits per heavy atom. The van der Waals surface area contributed by atoms with E-state index in [1.54, 1.807) is 24.5 Å². The molecule has 0 saturated carbocycles. The van der Waals surface area contributed by atoms with Crippen LogP contribution in [0.1, 0.15) is 22.8 Å². The van der Waals surface area contributed by atoms with Gasteiger partial charge < -0.3 is 4.90 Å². The molecule has 0 aliphatic heterocycles. The Hall–Kier alpha value is -2.23. The van der Waals surface area contributed by atoms with Gasteiger partial charge in [0.25, 0.3) is 0 Å². The molecule has 0 radical (unpaired) electrons. The fourth-order valence-electron chi connectivity index (χ4n) is 2.03. The highest BCUT2D eigenvalue weighted by Crippen LogP contribution is 2.24. The number of nitrogens with zero attached hydrogens (tertiary/aromatic N) is 2. The molecule has 1 heterocycles. The largest absolute Gasteiger partial charge is 0.370 e. The van der Waals surface area contributed by atoms with Crippen molar-refractivity contribution in [3.63, 3.8) is 0 Å². The third-order valence-corrected chi connectivity index (χ3v) is 2.90. The van der Waals surface area contributed by atoms with Crippen LogP contribution in [0, 0.1) is 5.82 Å². The van der Waals surface area contributed by atoms with E-state index in [1.165, 1.54) is 13.0 Å². The number of aromatic nitrogens is 1. The molecule has 0 amide bonds. The standard InChI is InChI=1S/C15H15FN2O/c1-11(19)15-13(16)6-3-7-14(15)18(2)10-12-5-4-8-17-9-12/h3-9H,10H2,1-2H3. The molecule has 98 valence electrons. The van der Waals surface area contributed by atoms with Crippen LogP contribution in [0.5, 0.6) is 0 Å². The van der Waals surface area contributed by atoms with Crippen LogP contribution in [0.2, 0.25) is 0 Å². The second-order valence-electron chi connectivity index (χ2n) is 4.41. The summed E-state index contributed by atoms with van der Waals surface area (Å²) in [7, 11) is 1.83. The Morgan fingerprint density at radius 1 is 1.32 bits per heavy atom. The number of hydrogen-bond donors (Lipinski definition) is 0. The van der Waals surface area contributed by atoms with Crippen molar-refractivity contribution < 1.29 is 9.18 Å². The zero-order valence-corrected chi connectivity index (χ0v) is 10.9. The first kappa shape index (κ1) is 13.2. The SMILES string of the molecule is CC(=O)c1c(F)cccc1N(C)Cc1cccnc1. The third-order valence-electron chi connectivity index (χ3n) is 2.90. The molecule has 19 heavy (non-hydrogen) atoms. The van der Waals surface area contributed by atoms with E-state index < -0.39 is 5.82 Å². The average Bonchev–Trinajstić information content (AvgIpc) is 2.39. The lowest BCUT2D eigenvalue weighted by molar-refractivity contribution is 0.101. The van der Waals surface area contributed by atoms with Gasteiger partial charge in [0.1, 0.15) is 5.82 Å². The number of hydrogen-bond acceptors (Lipinski definition) is 3. The highest BCUT2D eigenvalue weighted by atomic mass is 19.1. The van der Waals surface area contributed by atoms with E-state index >= 15 is 0 Å². The minimum atomic E-state index is -0.483. The van der Waals surface area contributed by atoms with Gasteiger partial charge >= 0.3 is 0 Å². The first-order valence-corrected chi connectivity index (χ1v) is 5.99. The van der Waals surface area contributed by atoms with E-state index in [1.807, 2.05) is 24.1 Å². The number of Topliss-reactive ketones (excluding diaryl/α,β-unsaturated/α-hetero) is 1. The molecule has 4 heteroatoms. The first-order chi connectivity index (χ1) is 9.09. The summed E-state index contributed by atoms with van der Waals surface area (Å²) in [6, 6.07) is 8.45. The van der Waals surface area contributed by atoms with Crippen molar-refractivity contribution in [3.8, 4) is 0 Å². The van der Waals surface area contributed by atoms with Crippen molar-refractivity contribution in [2.24, 2.45) is 0 Å². The van der Waals surface area contributed by atoms with Crippen molar-refractivity contribution in [1.82, 2.24) is 4.98 Å². The van der Waals surface area contributed by atoms with Crippen LogP contribution in [0.4, 0.5) is 10.1 Å². The second kappa shape index (κ2) is 5.61. The molecule has 0 atom stereocenters. The van der Waals surface area contributed by atoms with Gasteiger partial charge in [-0.2, -0.15) is 0 Å². The number of benzene rings is 1. The molecule has 2 rings (SSSR count). The summed E-state index contributed by atoms with van der Waals surface area (Å²) in [6.07, 6.45) is 3.45. The van der Waals surface area contributed by atoms with Crippen molar-refractivity contribution in [2.45, 2.75) is 13.5 Å². The van der Waals surface area contributed by atoms with E-state index in [0.717, 1.165) is 5.56 Å². The molecular formula is C15H15FN2O. The second-order valence-corrected chi connectivity index (χ2v) is 4.41. The van der Waals surface area contributed by atoms with Crippen LogP contribution < -0.4 is 4.90 Å². The van der Waals surface area contributed by atoms with Crippen LogP contribution in [0.3, 0.4) is 0 Å². The van der Waals surface area contributed by atoms with Gasteiger partial charge in [0.2, 0.25) is 0 Å². The molecule has 1 aromatic carbocycles. The van der Waals surface area contributed by atoms with E-state index in [9.17, 15) is 9.18 Å². The van der Waals surface area contributed by atoms with Gasteiger partial charge in [0, 0.05) is 26.0 Å². The summed E-state index contributed by atoms with van der Waals surface area (Å²) in [5, 5.41) is 0. The van der Waals surface area contributed by atoms with Crippen molar-refractivity contribution >= 4 is 11.5 Å². The van der Waals surface area contributed by atoms with Crippen LogP contribution >= 0.6 is 0 Å². The summed E-state index contributed by atoms with van der Waals surface area (Å²) in [5.74, 6) is -0.755. The predicted molar refractivity (Wildman–Crippen MR) is 72.7 cm³/mol. The predicted octanol–water partition coefficient (Wildman–Crippen LogP) is 3.06. The van der Waals surface area contributed by atoms with Crippen LogP contribution in [-0.2, 0) is 6.54 Å². The van der Waals surface area contributed by atoms with E-state index in [-0.39, 0.29) is 11.3 Å². The Kier molecular flexibility index (Phi) is 3.90. The maximum absolute atomic E-state index is 13.7. The van der Waals surface area contributed by atoms with Crippen molar-refractivity contribution in [1.29, 1.82) is 0 Å². The lowest BCUT2D eigenvalue weighted by Gasteiger charge is -2.21. The Bertz CT molecular complexity index is 584. The maximum Gasteiger partial charge on any atom is 0.164 e. The highest BCUT2D eigenvalue weighted by molar-refractivity contribution is 5.99. The maximum atomic E-state index is 13.7.